The fraction of sp³-hybridized carbons (Fsp3) is 0.533. The lowest BCUT2D eigenvalue weighted by atomic mass is 10.2. The van der Waals surface area contributed by atoms with Crippen molar-refractivity contribution in [2.45, 2.75) is 31.2 Å². The molecule has 1 saturated carbocycles. The highest BCUT2D eigenvalue weighted by atomic mass is 16.2. The van der Waals surface area contributed by atoms with Gasteiger partial charge in [-0.15, -0.1) is 0 Å². The molecule has 0 aliphatic heterocycles. The number of nitrogens with two attached hydrogens (primary N) is 1. The Morgan fingerprint density at radius 2 is 2.00 bits per heavy atom. The normalized spacial score (nSPS) is 15.9. The molecule has 4 heteroatoms. The second-order valence-corrected chi connectivity index (χ2v) is 5.38. The van der Waals surface area contributed by atoms with Crippen molar-refractivity contribution in [2.24, 2.45) is 5.73 Å². The van der Waals surface area contributed by atoms with E-state index >= 15 is 0 Å². The van der Waals surface area contributed by atoms with Crippen LogP contribution in [0, 0.1) is 0 Å². The summed E-state index contributed by atoms with van der Waals surface area (Å²) in [5.74, 6) is 0.0175. The Bertz CT molecular complexity index is 415. The molecule has 1 amide bonds. The van der Waals surface area contributed by atoms with Crippen molar-refractivity contribution in [1.29, 1.82) is 0 Å². The van der Waals surface area contributed by atoms with E-state index in [1.54, 1.807) is 0 Å². The third-order valence-corrected chi connectivity index (χ3v) is 3.64. The minimum absolute atomic E-state index is 0.0175. The van der Waals surface area contributed by atoms with Crippen LogP contribution in [-0.4, -0.2) is 31.6 Å². The van der Waals surface area contributed by atoms with Crippen LogP contribution < -0.4 is 16.0 Å². The molecule has 0 saturated heterocycles. The molecule has 1 aliphatic rings. The van der Waals surface area contributed by atoms with Crippen LogP contribution in [0.15, 0.2) is 30.3 Å². The summed E-state index contributed by atoms with van der Waals surface area (Å²) in [4.78, 5) is 13.8. The number of nitrogens with zero attached hydrogens (tertiary/aromatic N) is 1. The lowest BCUT2D eigenvalue weighted by molar-refractivity contribution is -0.123. The number of hydrogen-bond donors (Lipinski definition) is 2. The van der Waals surface area contributed by atoms with Crippen molar-refractivity contribution in [3.63, 3.8) is 0 Å². The first kappa shape index (κ1) is 13.9. The zero-order valence-corrected chi connectivity index (χ0v) is 11.6. The molecule has 1 aromatic rings. The van der Waals surface area contributed by atoms with Gasteiger partial charge in [0.05, 0.1) is 5.54 Å². The van der Waals surface area contributed by atoms with Gasteiger partial charge in [0.2, 0.25) is 5.91 Å². The number of benzene rings is 1. The van der Waals surface area contributed by atoms with E-state index in [1.165, 1.54) is 5.69 Å². The topological polar surface area (TPSA) is 58.4 Å². The number of para-hydroxylation sites is 1. The van der Waals surface area contributed by atoms with Gasteiger partial charge in [0, 0.05) is 25.8 Å². The minimum Gasteiger partial charge on any atom is -0.375 e. The van der Waals surface area contributed by atoms with E-state index in [4.69, 9.17) is 5.73 Å². The smallest absolute Gasteiger partial charge is 0.240 e. The van der Waals surface area contributed by atoms with Gasteiger partial charge in [-0.2, -0.15) is 0 Å². The fourth-order valence-corrected chi connectivity index (χ4v) is 2.03. The first-order chi connectivity index (χ1) is 9.12. The predicted octanol–water partition coefficient (Wildman–Crippen LogP) is 1.51. The van der Waals surface area contributed by atoms with E-state index in [9.17, 15) is 4.79 Å². The Hall–Kier alpha value is -1.55. The van der Waals surface area contributed by atoms with Crippen LogP contribution in [0.3, 0.4) is 0 Å². The summed E-state index contributed by atoms with van der Waals surface area (Å²) in [5.41, 5.74) is 6.50. The van der Waals surface area contributed by atoms with Crippen LogP contribution in [0.1, 0.15) is 25.7 Å². The number of unbranched alkanes of at least 4 members (excludes halogenated alkanes) is 1. The number of rotatable bonds is 7. The minimum atomic E-state index is -0.541. The number of hydrogen-bond acceptors (Lipinski definition) is 3. The van der Waals surface area contributed by atoms with Crippen LogP contribution in [0.2, 0.25) is 0 Å². The molecular formula is C15H23N3O. The maximum atomic E-state index is 11.6. The van der Waals surface area contributed by atoms with Crippen molar-refractivity contribution in [3.05, 3.63) is 30.3 Å². The van der Waals surface area contributed by atoms with Gasteiger partial charge < -0.3 is 16.0 Å². The predicted molar refractivity (Wildman–Crippen MR) is 78.1 cm³/mol. The number of nitrogens with one attached hydrogen (secondary N) is 1. The SMILES string of the molecule is CN(CCCCNC(=O)C1(N)CC1)c1ccccc1. The third-order valence-electron chi connectivity index (χ3n) is 3.64. The lowest BCUT2D eigenvalue weighted by Gasteiger charge is -2.19. The Kier molecular flexibility index (Phi) is 4.43. The summed E-state index contributed by atoms with van der Waals surface area (Å²) in [5, 5.41) is 2.92. The molecule has 0 spiro atoms. The second kappa shape index (κ2) is 6.06. The molecule has 0 radical (unpaired) electrons. The van der Waals surface area contributed by atoms with Gasteiger partial charge in [-0.1, -0.05) is 18.2 Å². The summed E-state index contributed by atoms with van der Waals surface area (Å²) in [6.45, 7) is 1.72. The molecule has 3 N–H and O–H groups in total. The van der Waals surface area contributed by atoms with Gasteiger partial charge >= 0.3 is 0 Å². The summed E-state index contributed by atoms with van der Waals surface area (Å²) in [7, 11) is 2.09. The van der Waals surface area contributed by atoms with Gasteiger partial charge in [-0.25, -0.2) is 0 Å². The maximum absolute atomic E-state index is 11.6. The van der Waals surface area contributed by atoms with E-state index in [0.717, 1.165) is 38.8 Å². The Balaban J connectivity index is 1.58. The number of anilines is 1. The van der Waals surface area contributed by atoms with E-state index in [2.05, 4.69) is 29.4 Å². The molecule has 0 aromatic heterocycles. The molecule has 0 bridgehead atoms. The van der Waals surface area contributed by atoms with Crippen LogP contribution in [0.5, 0.6) is 0 Å². The van der Waals surface area contributed by atoms with Crippen LogP contribution in [0.4, 0.5) is 5.69 Å². The second-order valence-electron chi connectivity index (χ2n) is 5.38. The Morgan fingerprint density at radius 3 is 2.63 bits per heavy atom. The highest BCUT2D eigenvalue weighted by Crippen LogP contribution is 2.31. The molecular weight excluding hydrogens is 238 g/mol. The molecule has 4 nitrogen and oxygen atoms in total. The fourth-order valence-electron chi connectivity index (χ4n) is 2.03. The van der Waals surface area contributed by atoms with Crippen molar-refractivity contribution in [2.75, 3.05) is 25.0 Å². The third kappa shape index (κ3) is 3.96. The Labute approximate surface area is 115 Å². The first-order valence-corrected chi connectivity index (χ1v) is 6.95. The van der Waals surface area contributed by atoms with Gasteiger partial charge in [-0.05, 0) is 37.8 Å². The van der Waals surface area contributed by atoms with Gasteiger partial charge in [0.1, 0.15) is 0 Å². The number of carbonyl (C=O) groups is 1. The van der Waals surface area contributed by atoms with Gasteiger partial charge in [0.15, 0.2) is 0 Å². The van der Waals surface area contributed by atoms with E-state index in [-0.39, 0.29) is 5.91 Å². The molecule has 0 atom stereocenters. The van der Waals surface area contributed by atoms with Crippen molar-refractivity contribution >= 4 is 11.6 Å². The van der Waals surface area contributed by atoms with Crippen molar-refractivity contribution in [3.8, 4) is 0 Å². The zero-order chi connectivity index (χ0) is 13.7. The summed E-state index contributed by atoms with van der Waals surface area (Å²) >= 11 is 0. The van der Waals surface area contributed by atoms with Crippen LogP contribution in [0.25, 0.3) is 0 Å². The molecule has 2 rings (SSSR count). The van der Waals surface area contributed by atoms with E-state index in [1.807, 2.05) is 18.2 Å². The lowest BCUT2D eigenvalue weighted by Crippen LogP contribution is -2.43. The van der Waals surface area contributed by atoms with Gasteiger partial charge in [-0.3, -0.25) is 4.79 Å². The molecule has 19 heavy (non-hydrogen) atoms. The highest BCUT2D eigenvalue weighted by molar-refractivity contribution is 5.88. The molecule has 1 aliphatic carbocycles. The first-order valence-electron chi connectivity index (χ1n) is 6.95. The Morgan fingerprint density at radius 1 is 1.32 bits per heavy atom. The molecule has 0 unspecified atom stereocenters. The standard InChI is InChI=1S/C15H23N3O/c1-18(13-7-3-2-4-8-13)12-6-5-11-17-14(19)15(16)9-10-15/h2-4,7-8H,5-6,9-12,16H2,1H3,(H,17,19). The summed E-state index contributed by atoms with van der Waals surface area (Å²) in [6.07, 6.45) is 3.70. The number of carbonyl (C=O) groups excluding carboxylic acids is 1. The van der Waals surface area contributed by atoms with E-state index < -0.39 is 5.54 Å². The molecule has 104 valence electrons. The molecule has 0 heterocycles. The zero-order valence-electron chi connectivity index (χ0n) is 11.6. The molecule has 1 aromatic carbocycles. The maximum Gasteiger partial charge on any atom is 0.240 e. The molecule has 1 fully saturated rings. The van der Waals surface area contributed by atoms with Gasteiger partial charge in [0.25, 0.3) is 0 Å². The quantitative estimate of drug-likeness (QED) is 0.732. The number of amides is 1. The van der Waals surface area contributed by atoms with Crippen molar-refractivity contribution < 1.29 is 4.79 Å². The van der Waals surface area contributed by atoms with E-state index in [0.29, 0.717) is 0 Å². The monoisotopic (exact) mass is 261 g/mol. The van der Waals surface area contributed by atoms with Crippen LogP contribution in [-0.2, 0) is 4.79 Å². The van der Waals surface area contributed by atoms with Crippen LogP contribution >= 0.6 is 0 Å². The summed E-state index contributed by atoms with van der Waals surface area (Å²) in [6, 6.07) is 10.3. The largest absolute Gasteiger partial charge is 0.375 e. The average molecular weight is 261 g/mol. The average Bonchev–Trinajstić information content (AvgIpc) is 3.18. The highest BCUT2D eigenvalue weighted by Gasteiger charge is 2.45. The van der Waals surface area contributed by atoms with Crippen molar-refractivity contribution in [1.82, 2.24) is 5.32 Å². The summed E-state index contributed by atoms with van der Waals surface area (Å²) < 4.78 is 0.